The Hall–Kier alpha value is -3.25. The van der Waals surface area contributed by atoms with Crippen LogP contribution < -0.4 is 9.62 Å². The van der Waals surface area contributed by atoms with E-state index in [4.69, 9.17) is 0 Å². The first kappa shape index (κ1) is 27.8. The van der Waals surface area contributed by atoms with E-state index in [2.05, 4.69) is 40.4 Å². The van der Waals surface area contributed by atoms with Gasteiger partial charge in [0.1, 0.15) is 17.5 Å². The fraction of sp³-hybridized carbons (Fsp3) is 0.385. The molecule has 204 valence electrons. The molecule has 0 saturated carbocycles. The molecule has 1 fully saturated rings. The van der Waals surface area contributed by atoms with E-state index >= 15 is 0 Å². The van der Waals surface area contributed by atoms with Gasteiger partial charge in [0.15, 0.2) is 5.03 Å². The summed E-state index contributed by atoms with van der Waals surface area (Å²) in [5.74, 6) is -0.562. The Balaban J connectivity index is 1.63. The lowest BCUT2D eigenvalue weighted by Crippen LogP contribution is -2.53. The molecule has 0 atom stereocenters. The molecule has 0 amide bonds. The summed E-state index contributed by atoms with van der Waals surface area (Å²) >= 11 is 0. The summed E-state index contributed by atoms with van der Waals surface area (Å²) < 4.78 is 83.8. The first-order valence-corrected chi connectivity index (χ1v) is 13.5. The number of alkyl halides is 3. The van der Waals surface area contributed by atoms with Crippen LogP contribution in [0.25, 0.3) is 11.3 Å². The standard InChI is InChI=1S/C26H29F4N5O2S/c1-17-18(7-5-8-20(17)27)24-19(26(28,29)30)11-12-21(31-24)33-38(36,37)23-10-6-9-22(32-23)34-13-15-35(16-14-34)25(2,3)4/h5-12H,13-16H2,1-4H3,(H,31,33). The van der Waals surface area contributed by atoms with Crippen LogP contribution in [0.2, 0.25) is 0 Å². The monoisotopic (exact) mass is 551 g/mol. The van der Waals surface area contributed by atoms with Gasteiger partial charge in [0.25, 0.3) is 10.0 Å². The van der Waals surface area contributed by atoms with E-state index in [9.17, 15) is 26.0 Å². The zero-order valence-corrected chi connectivity index (χ0v) is 22.3. The van der Waals surface area contributed by atoms with E-state index in [-0.39, 0.29) is 27.5 Å². The molecule has 7 nitrogen and oxygen atoms in total. The molecule has 0 spiro atoms. The minimum absolute atomic E-state index is 0.0200. The summed E-state index contributed by atoms with van der Waals surface area (Å²) in [6, 6.07) is 9.93. The van der Waals surface area contributed by atoms with Crippen molar-refractivity contribution in [2.45, 2.75) is 44.4 Å². The van der Waals surface area contributed by atoms with Crippen LogP contribution in [0.1, 0.15) is 31.9 Å². The predicted molar refractivity (Wildman–Crippen MR) is 138 cm³/mol. The number of piperazine rings is 1. The molecule has 0 unspecified atom stereocenters. The molecule has 12 heteroatoms. The van der Waals surface area contributed by atoms with Gasteiger partial charge in [-0.25, -0.2) is 14.4 Å². The molecule has 1 aliphatic rings. The van der Waals surface area contributed by atoms with E-state index in [0.29, 0.717) is 18.9 Å². The fourth-order valence-corrected chi connectivity index (χ4v) is 5.31. The topological polar surface area (TPSA) is 78.4 Å². The van der Waals surface area contributed by atoms with Gasteiger partial charge in [0, 0.05) is 37.3 Å². The highest BCUT2D eigenvalue weighted by atomic mass is 32.2. The normalized spacial score (nSPS) is 15.5. The Labute approximate surface area is 219 Å². The number of benzene rings is 1. The van der Waals surface area contributed by atoms with Crippen LogP contribution in [-0.4, -0.2) is 55.0 Å². The second kappa shape index (κ2) is 10.1. The van der Waals surface area contributed by atoms with Gasteiger partial charge < -0.3 is 4.90 Å². The number of halogens is 4. The van der Waals surface area contributed by atoms with Crippen LogP contribution in [0, 0.1) is 12.7 Å². The Morgan fingerprint density at radius 2 is 1.55 bits per heavy atom. The first-order chi connectivity index (χ1) is 17.7. The van der Waals surface area contributed by atoms with Crippen molar-refractivity contribution in [1.29, 1.82) is 0 Å². The van der Waals surface area contributed by atoms with Gasteiger partial charge in [-0.05, 0) is 63.6 Å². The molecule has 0 radical (unpaired) electrons. The van der Waals surface area contributed by atoms with Gasteiger partial charge in [-0.15, -0.1) is 0 Å². The number of aromatic nitrogens is 2. The van der Waals surface area contributed by atoms with Gasteiger partial charge in [-0.1, -0.05) is 18.2 Å². The number of nitrogens with zero attached hydrogens (tertiary/aromatic N) is 4. The smallest absolute Gasteiger partial charge is 0.354 e. The number of sulfonamides is 1. The van der Waals surface area contributed by atoms with Crippen molar-refractivity contribution in [3.8, 4) is 11.3 Å². The molecule has 2 aromatic heterocycles. The van der Waals surface area contributed by atoms with Gasteiger partial charge in [-0.2, -0.15) is 21.6 Å². The molecule has 1 N–H and O–H groups in total. The molecule has 1 aromatic carbocycles. The molecule has 3 aromatic rings. The molecule has 4 rings (SSSR count). The van der Waals surface area contributed by atoms with Crippen LogP contribution in [0.4, 0.5) is 29.2 Å². The average Bonchev–Trinajstić information content (AvgIpc) is 2.84. The average molecular weight is 552 g/mol. The van der Waals surface area contributed by atoms with Crippen LogP contribution in [-0.2, 0) is 16.2 Å². The largest absolute Gasteiger partial charge is 0.418 e. The molecule has 0 aliphatic carbocycles. The summed E-state index contributed by atoms with van der Waals surface area (Å²) in [6.07, 6.45) is -4.79. The van der Waals surface area contributed by atoms with Crippen LogP contribution in [0.15, 0.2) is 53.6 Å². The van der Waals surface area contributed by atoms with Crippen LogP contribution >= 0.6 is 0 Å². The van der Waals surface area contributed by atoms with E-state index < -0.39 is 33.3 Å². The SMILES string of the molecule is Cc1c(F)cccc1-c1nc(NS(=O)(=O)c2cccc(N3CCN(C(C)(C)C)CC3)n2)ccc1C(F)(F)F. The second-order valence-corrected chi connectivity index (χ2v) is 11.7. The highest BCUT2D eigenvalue weighted by molar-refractivity contribution is 7.92. The van der Waals surface area contributed by atoms with Crippen molar-refractivity contribution in [1.82, 2.24) is 14.9 Å². The van der Waals surface area contributed by atoms with E-state index in [0.717, 1.165) is 31.3 Å². The van der Waals surface area contributed by atoms with E-state index in [1.807, 2.05) is 4.90 Å². The number of hydrogen-bond acceptors (Lipinski definition) is 6. The summed E-state index contributed by atoms with van der Waals surface area (Å²) in [7, 11) is -4.29. The maximum Gasteiger partial charge on any atom is 0.418 e. The highest BCUT2D eigenvalue weighted by Crippen LogP contribution is 2.38. The van der Waals surface area contributed by atoms with E-state index in [1.54, 1.807) is 12.1 Å². The maximum absolute atomic E-state index is 14.1. The Morgan fingerprint density at radius 1 is 0.895 bits per heavy atom. The molecule has 0 bridgehead atoms. The number of nitrogens with one attached hydrogen (secondary N) is 1. The molecular weight excluding hydrogens is 522 g/mol. The van der Waals surface area contributed by atoms with Crippen molar-refractivity contribution in [2.75, 3.05) is 35.8 Å². The fourth-order valence-electron chi connectivity index (χ4n) is 4.34. The lowest BCUT2D eigenvalue weighted by atomic mass is 10.0. The first-order valence-electron chi connectivity index (χ1n) is 12.0. The molecule has 1 saturated heterocycles. The van der Waals surface area contributed by atoms with Crippen molar-refractivity contribution in [3.63, 3.8) is 0 Å². The van der Waals surface area contributed by atoms with Crippen LogP contribution in [0.5, 0.6) is 0 Å². The lowest BCUT2D eigenvalue weighted by molar-refractivity contribution is -0.137. The maximum atomic E-state index is 14.1. The van der Waals surface area contributed by atoms with Crippen molar-refractivity contribution in [2.24, 2.45) is 0 Å². The summed E-state index contributed by atoms with van der Waals surface area (Å²) in [6.45, 7) is 10.6. The number of anilines is 2. The Bertz CT molecular complexity index is 1430. The third-order valence-corrected chi connectivity index (χ3v) is 7.75. The van der Waals surface area contributed by atoms with Crippen molar-refractivity contribution < 1.29 is 26.0 Å². The third kappa shape index (κ3) is 5.91. The third-order valence-electron chi connectivity index (χ3n) is 6.50. The summed E-state index contributed by atoms with van der Waals surface area (Å²) in [5.41, 5.74) is -1.79. The number of hydrogen-bond donors (Lipinski definition) is 1. The van der Waals surface area contributed by atoms with Gasteiger partial charge in [0.2, 0.25) is 0 Å². The minimum atomic E-state index is -4.79. The van der Waals surface area contributed by atoms with Crippen molar-refractivity contribution in [3.05, 3.63) is 65.5 Å². The van der Waals surface area contributed by atoms with Crippen molar-refractivity contribution >= 4 is 21.7 Å². The minimum Gasteiger partial charge on any atom is -0.354 e. The highest BCUT2D eigenvalue weighted by Gasteiger charge is 2.35. The predicted octanol–water partition coefficient (Wildman–Crippen LogP) is 5.33. The molecule has 3 heterocycles. The zero-order valence-electron chi connectivity index (χ0n) is 21.5. The van der Waals surface area contributed by atoms with Gasteiger partial charge in [0.05, 0.1) is 11.3 Å². The molecule has 38 heavy (non-hydrogen) atoms. The zero-order chi connectivity index (χ0) is 27.9. The Kier molecular flexibility index (Phi) is 7.41. The quantitative estimate of drug-likeness (QED) is 0.432. The second-order valence-electron chi connectivity index (χ2n) is 10.1. The summed E-state index contributed by atoms with van der Waals surface area (Å²) in [5, 5.41) is -0.293. The van der Waals surface area contributed by atoms with E-state index in [1.165, 1.54) is 25.1 Å². The number of pyridine rings is 2. The lowest BCUT2D eigenvalue weighted by Gasteiger charge is -2.42. The van der Waals surface area contributed by atoms with Gasteiger partial charge >= 0.3 is 6.18 Å². The number of rotatable bonds is 5. The molecule has 1 aliphatic heterocycles. The summed E-state index contributed by atoms with van der Waals surface area (Å²) in [4.78, 5) is 12.6. The van der Waals surface area contributed by atoms with Gasteiger partial charge in [-0.3, -0.25) is 9.62 Å². The van der Waals surface area contributed by atoms with Crippen LogP contribution in [0.3, 0.4) is 0 Å². The molecular formula is C26H29F4N5O2S. The Morgan fingerprint density at radius 3 is 2.18 bits per heavy atom.